The monoisotopic (exact) mass is 541 g/mol. The Morgan fingerprint density at radius 1 is 1.08 bits per heavy atom. The second kappa shape index (κ2) is 10.4. The molecule has 2 aromatic carbocycles. The topological polar surface area (TPSA) is 112 Å². The maximum absolute atomic E-state index is 13.6. The van der Waals surface area contributed by atoms with Crippen molar-refractivity contribution in [3.05, 3.63) is 70.1 Å². The lowest BCUT2D eigenvalue weighted by atomic mass is 10.0. The van der Waals surface area contributed by atoms with Crippen molar-refractivity contribution in [2.24, 2.45) is 0 Å². The Labute approximate surface area is 224 Å². The van der Waals surface area contributed by atoms with Gasteiger partial charge in [-0.25, -0.2) is 4.39 Å². The number of carbonyl (C=O) groups is 3. The molecule has 2 atom stereocenters. The molecule has 38 heavy (non-hydrogen) atoms. The number of fused-ring (bicyclic) bond motifs is 1. The number of likely N-dealkylation sites (tertiary alicyclic amines) is 1. The van der Waals surface area contributed by atoms with Gasteiger partial charge in [-0.2, -0.15) is 0 Å². The van der Waals surface area contributed by atoms with E-state index >= 15 is 0 Å². The molecule has 9 nitrogen and oxygen atoms in total. The van der Waals surface area contributed by atoms with E-state index in [1.54, 1.807) is 17.0 Å². The fourth-order valence-electron chi connectivity index (χ4n) is 5.28. The number of amides is 2. The first-order valence-electron chi connectivity index (χ1n) is 12.5. The number of hydrogen-bond acceptors (Lipinski definition) is 6. The summed E-state index contributed by atoms with van der Waals surface area (Å²) in [5.41, 5.74) is 1.72. The maximum atomic E-state index is 13.6. The zero-order valence-electron chi connectivity index (χ0n) is 20.9. The van der Waals surface area contributed by atoms with Crippen molar-refractivity contribution in [1.82, 2.24) is 19.4 Å². The van der Waals surface area contributed by atoms with Crippen molar-refractivity contribution in [3.8, 4) is 0 Å². The van der Waals surface area contributed by atoms with Gasteiger partial charge in [-0.15, -0.1) is 0 Å². The molecule has 0 unspecified atom stereocenters. The minimum absolute atomic E-state index is 0.0803. The molecule has 0 spiro atoms. The summed E-state index contributed by atoms with van der Waals surface area (Å²) >= 11 is 6.51. The summed E-state index contributed by atoms with van der Waals surface area (Å²) in [7, 11) is 0. The summed E-state index contributed by atoms with van der Waals surface area (Å²) in [5.74, 6) is 4.03. The molecule has 0 aliphatic carbocycles. The summed E-state index contributed by atoms with van der Waals surface area (Å²) in [6.45, 7) is 4.73. The van der Waals surface area contributed by atoms with Gasteiger partial charge in [-0.05, 0) is 43.2 Å². The van der Waals surface area contributed by atoms with Crippen molar-refractivity contribution in [1.29, 1.82) is 0 Å². The van der Waals surface area contributed by atoms with Gasteiger partial charge in [0.15, 0.2) is 0 Å². The highest BCUT2D eigenvalue weighted by molar-refractivity contribution is 6.45. The Morgan fingerprint density at radius 3 is 2.47 bits per heavy atom. The second-order valence-corrected chi connectivity index (χ2v) is 10.4. The summed E-state index contributed by atoms with van der Waals surface area (Å²) < 4.78 is 14.4. The van der Waals surface area contributed by atoms with E-state index in [0.29, 0.717) is 50.0 Å². The number of nitrogen functional groups attached to an aromatic ring is 1. The molecule has 11 heteroatoms. The van der Waals surface area contributed by atoms with Crippen LogP contribution in [0.3, 0.4) is 0 Å². The van der Waals surface area contributed by atoms with Crippen LogP contribution in [0.5, 0.6) is 0 Å². The molecule has 2 aliphatic rings. The average molecular weight is 542 g/mol. The molecule has 2 fully saturated rings. The van der Waals surface area contributed by atoms with E-state index in [4.69, 9.17) is 17.4 Å². The highest BCUT2D eigenvalue weighted by atomic mass is 35.5. The number of hydrogen-bond donors (Lipinski definition) is 2. The average Bonchev–Trinajstić information content (AvgIpc) is 3.46. The number of Topliss-reactive ketones (excluding diaryl/α,β-unsaturated/α-hetero) is 1. The van der Waals surface area contributed by atoms with Gasteiger partial charge < -0.3 is 20.7 Å². The van der Waals surface area contributed by atoms with Crippen molar-refractivity contribution in [2.75, 3.05) is 38.6 Å². The van der Waals surface area contributed by atoms with Crippen LogP contribution in [0.15, 0.2) is 42.6 Å². The van der Waals surface area contributed by atoms with Gasteiger partial charge in [0.05, 0.1) is 27.8 Å². The van der Waals surface area contributed by atoms with Crippen molar-refractivity contribution >= 4 is 40.1 Å². The van der Waals surface area contributed by atoms with E-state index < -0.39 is 17.8 Å². The second-order valence-electron chi connectivity index (χ2n) is 10.0. The summed E-state index contributed by atoms with van der Waals surface area (Å²) in [6.07, 6.45) is 1.13. The summed E-state index contributed by atoms with van der Waals surface area (Å²) in [5, 5.41) is 10.3. The first-order valence-corrected chi connectivity index (χ1v) is 12.9. The quantitative estimate of drug-likeness (QED) is 0.291. The highest BCUT2D eigenvalue weighted by Gasteiger charge is 2.33. The van der Waals surface area contributed by atoms with Crippen molar-refractivity contribution < 1.29 is 23.9 Å². The lowest BCUT2D eigenvalue weighted by Gasteiger charge is -2.40. The molecular weight excluding hydrogens is 513 g/mol. The van der Waals surface area contributed by atoms with E-state index in [-0.39, 0.29) is 40.5 Å². The van der Waals surface area contributed by atoms with Gasteiger partial charge in [0.1, 0.15) is 5.82 Å². The van der Waals surface area contributed by atoms with Crippen LogP contribution in [0.1, 0.15) is 39.6 Å². The third kappa shape index (κ3) is 4.99. The number of halogens is 2. The molecule has 3 N–H and O–H groups in total. The number of ketones is 1. The Bertz CT molecular complexity index is 1410. The molecule has 1 aromatic heterocycles. The predicted octanol–water partition coefficient (Wildman–Crippen LogP) is 2.27. The molecule has 0 radical (unpaired) electrons. The number of benzene rings is 2. The molecular formula is C27H29ClFN5O4. The van der Waals surface area contributed by atoms with Crippen LogP contribution in [0, 0.1) is 5.82 Å². The zero-order chi connectivity index (χ0) is 27.1. The first kappa shape index (κ1) is 26.1. The minimum atomic E-state index is -0.753. The molecule has 2 aliphatic heterocycles. The molecule has 2 saturated heterocycles. The van der Waals surface area contributed by atoms with Crippen molar-refractivity contribution in [2.45, 2.75) is 32.0 Å². The molecule has 3 aromatic rings. The summed E-state index contributed by atoms with van der Waals surface area (Å²) in [6, 6.07) is 9.32. The zero-order valence-corrected chi connectivity index (χ0v) is 21.7. The van der Waals surface area contributed by atoms with Gasteiger partial charge in [0, 0.05) is 56.9 Å². The number of nitrogens with two attached hydrogens (primary N) is 1. The number of aliphatic hydroxyl groups is 1. The molecule has 5 rings (SSSR count). The number of aliphatic hydroxyl groups excluding tert-OH is 1. The van der Waals surface area contributed by atoms with Crippen LogP contribution in [0.25, 0.3) is 10.9 Å². The third-order valence-electron chi connectivity index (χ3n) is 7.33. The number of nitrogens with zero attached hydrogens (tertiary/aromatic N) is 4. The highest BCUT2D eigenvalue weighted by Crippen LogP contribution is 2.30. The van der Waals surface area contributed by atoms with Crippen molar-refractivity contribution in [3.63, 3.8) is 0 Å². The molecule has 2 amide bonds. The van der Waals surface area contributed by atoms with E-state index in [1.165, 1.54) is 40.0 Å². The third-order valence-corrected chi connectivity index (χ3v) is 7.65. The van der Waals surface area contributed by atoms with Gasteiger partial charge >= 0.3 is 0 Å². The van der Waals surface area contributed by atoms with E-state index in [9.17, 15) is 23.9 Å². The maximum Gasteiger partial charge on any atom is 0.295 e. The van der Waals surface area contributed by atoms with E-state index in [1.807, 2.05) is 6.92 Å². The lowest BCUT2D eigenvalue weighted by Crippen LogP contribution is -2.53. The number of β-amino-alcohol motifs (C(OH)–C–C–N with tert-alkyl or cyclic N) is 1. The first-order chi connectivity index (χ1) is 18.1. The SMILES string of the molecule is C[C@@H]1CN(Cc2ccc(F)cc2)CCN1C(=O)c1cc2c(C(=O)C(=O)N3CC[C@@H](O)C3)cn(N)c2cc1Cl. The lowest BCUT2D eigenvalue weighted by molar-refractivity contribution is -0.125. The van der Waals surface area contributed by atoms with Gasteiger partial charge in [-0.3, -0.25) is 24.0 Å². The van der Waals surface area contributed by atoms with Crippen LogP contribution in [-0.2, 0) is 11.3 Å². The van der Waals surface area contributed by atoms with Crippen LogP contribution in [0.4, 0.5) is 4.39 Å². The number of piperazine rings is 1. The Morgan fingerprint density at radius 2 is 1.82 bits per heavy atom. The van der Waals surface area contributed by atoms with Crippen LogP contribution < -0.4 is 5.84 Å². The largest absolute Gasteiger partial charge is 0.391 e. The molecule has 0 bridgehead atoms. The van der Waals surface area contributed by atoms with Crippen LogP contribution in [0.2, 0.25) is 5.02 Å². The Kier molecular flexibility index (Phi) is 7.13. The van der Waals surface area contributed by atoms with Crippen LogP contribution in [-0.4, -0.2) is 86.9 Å². The molecule has 200 valence electrons. The number of carbonyl (C=O) groups excluding carboxylic acids is 3. The normalized spacial score (nSPS) is 20.3. The van der Waals surface area contributed by atoms with E-state index in [0.717, 1.165) is 5.56 Å². The number of rotatable bonds is 5. The standard InChI is InChI=1S/C27H29ClFN5O4/c1-16-12-31(13-17-2-4-18(29)5-3-17)8-9-33(16)26(37)21-10-20-22(15-34(30)24(20)11-23(21)28)25(36)27(38)32-7-6-19(35)14-32/h2-5,10-11,15-16,19,35H,6-9,12-14,30H2,1H3/t16-,19-/m1/s1. The minimum Gasteiger partial charge on any atom is -0.391 e. The smallest absolute Gasteiger partial charge is 0.295 e. The summed E-state index contributed by atoms with van der Waals surface area (Å²) in [4.78, 5) is 44.8. The fourth-order valence-corrected chi connectivity index (χ4v) is 5.52. The predicted molar refractivity (Wildman–Crippen MR) is 141 cm³/mol. The molecule has 3 heterocycles. The van der Waals surface area contributed by atoms with Gasteiger partial charge in [0.2, 0.25) is 0 Å². The van der Waals surface area contributed by atoms with E-state index in [2.05, 4.69) is 4.90 Å². The Balaban J connectivity index is 1.36. The van der Waals surface area contributed by atoms with Gasteiger partial charge in [-0.1, -0.05) is 23.7 Å². The fraction of sp³-hybridized carbons (Fsp3) is 0.370. The Hall–Kier alpha value is -3.47. The van der Waals surface area contributed by atoms with Crippen LogP contribution >= 0.6 is 11.6 Å². The van der Waals surface area contributed by atoms with Gasteiger partial charge in [0.25, 0.3) is 17.6 Å². The number of aromatic nitrogens is 1. The molecule has 0 saturated carbocycles.